The lowest BCUT2D eigenvalue weighted by molar-refractivity contribution is -0.123. The minimum absolute atomic E-state index is 0.0130. The molecule has 9 heteroatoms. The molecule has 0 unspecified atom stereocenters. The van der Waals surface area contributed by atoms with Gasteiger partial charge < -0.3 is 34.9 Å². The fourth-order valence-electron chi connectivity index (χ4n) is 2.43. The van der Waals surface area contributed by atoms with E-state index in [2.05, 4.69) is 29.8 Å². The van der Waals surface area contributed by atoms with Crippen molar-refractivity contribution < 1.29 is 28.5 Å². The van der Waals surface area contributed by atoms with Gasteiger partial charge in [0.15, 0.2) is 0 Å². The molecule has 0 aliphatic carbocycles. The van der Waals surface area contributed by atoms with Crippen molar-refractivity contribution in [1.29, 1.82) is 0 Å². The average Bonchev–Trinajstić information content (AvgIpc) is 2.69. The Morgan fingerprint density at radius 1 is 0.645 bits per heavy atom. The van der Waals surface area contributed by atoms with Gasteiger partial charge in [-0.2, -0.15) is 0 Å². The molecular formula is C22H45N3O6. The maximum Gasteiger partial charge on any atom is 0.222 e. The highest BCUT2D eigenvalue weighted by molar-refractivity contribution is 5.76. The van der Waals surface area contributed by atoms with Crippen molar-refractivity contribution >= 4 is 11.8 Å². The summed E-state index contributed by atoms with van der Waals surface area (Å²) in [6, 6.07) is 0.470. The van der Waals surface area contributed by atoms with Gasteiger partial charge in [-0.3, -0.25) is 9.59 Å². The minimum Gasteiger partial charge on any atom is -0.379 e. The zero-order valence-corrected chi connectivity index (χ0v) is 20.0. The number of carbonyl (C=O) groups is 2. The van der Waals surface area contributed by atoms with Crippen LogP contribution in [0.5, 0.6) is 0 Å². The summed E-state index contributed by atoms with van der Waals surface area (Å²) in [5, 5.41) is 9.00. The topological polar surface area (TPSA) is 107 Å². The lowest BCUT2D eigenvalue weighted by Gasteiger charge is -2.09. The van der Waals surface area contributed by atoms with Gasteiger partial charge in [0, 0.05) is 32.0 Å². The van der Waals surface area contributed by atoms with Crippen LogP contribution in [0.2, 0.25) is 0 Å². The number of carbonyl (C=O) groups excluding carboxylic acids is 2. The number of ether oxygens (including phenoxy) is 4. The van der Waals surface area contributed by atoms with Gasteiger partial charge in [0.05, 0.1) is 52.9 Å². The van der Waals surface area contributed by atoms with Crippen molar-refractivity contribution in [3.05, 3.63) is 0 Å². The molecule has 9 nitrogen and oxygen atoms in total. The molecule has 0 aliphatic heterocycles. The van der Waals surface area contributed by atoms with E-state index in [0.717, 1.165) is 13.0 Å². The third kappa shape index (κ3) is 24.9. The molecule has 0 atom stereocenters. The summed E-state index contributed by atoms with van der Waals surface area (Å²) in [6.07, 6.45) is 1.83. The zero-order chi connectivity index (χ0) is 23.2. The van der Waals surface area contributed by atoms with E-state index in [1.165, 1.54) is 0 Å². The first kappa shape index (κ1) is 29.7. The maximum absolute atomic E-state index is 11.6. The number of amides is 2. The quantitative estimate of drug-likeness (QED) is 0.213. The molecule has 0 aromatic rings. The average molecular weight is 448 g/mol. The summed E-state index contributed by atoms with van der Waals surface area (Å²) in [4.78, 5) is 23.1. The number of rotatable bonds is 22. The van der Waals surface area contributed by atoms with Crippen LogP contribution in [0.15, 0.2) is 0 Å². The van der Waals surface area contributed by atoms with E-state index in [0.29, 0.717) is 90.7 Å². The first-order chi connectivity index (χ1) is 14.9. The SMILES string of the molecule is CC(C)CC(=O)NCCOCCOCCOCCOCCC(=O)NCCCNC(C)C. The largest absolute Gasteiger partial charge is 0.379 e. The molecule has 0 heterocycles. The highest BCUT2D eigenvalue weighted by Gasteiger charge is 2.03. The van der Waals surface area contributed by atoms with Crippen molar-refractivity contribution in [2.24, 2.45) is 5.92 Å². The van der Waals surface area contributed by atoms with Crippen molar-refractivity contribution in [2.45, 2.75) is 53.0 Å². The second-order valence-corrected chi connectivity index (χ2v) is 7.96. The Kier molecular flexibility index (Phi) is 21.1. The molecule has 0 fully saturated rings. The van der Waals surface area contributed by atoms with Crippen LogP contribution in [-0.2, 0) is 28.5 Å². The molecule has 0 bridgehead atoms. The van der Waals surface area contributed by atoms with Crippen molar-refractivity contribution in [3.63, 3.8) is 0 Å². The van der Waals surface area contributed by atoms with E-state index in [4.69, 9.17) is 18.9 Å². The van der Waals surface area contributed by atoms with Crippen LogP contribution in [0.4, 0.5) is 0 Å². The van der Waals surface area contributed by atoms with Crippen LogP contribution >= 0.6 is 0 Å². The Morgan fingerprint density at radius 2 is 1.16 bits per heavy atom. The van der Waals surface area contributed by atoms with E-state index in [1.807, 2.05) is 13.8 Å². The van der Waals surface area contributed by atoms with Crippen LogP contribution < -0.4 is 16.0 Å². The first-order valence-corrected chi connectivity index (χ1v) is 11.5. The summed E-state index contributed by atoms with van der Waals surface area (Å²) >= 11 is 0. The van der Waals surface area contributed by atoms with Crippen molar-refractivity contribution in [3.8, 4) is 0 Å². The Morgan fingerprint density at radius 3 is 1.71 bits per heavy atom. The van der Waals surface area contributed by atoms with Crippen LogP contribution in [0.3, 0.4) is 0 Å². The van der Waals surface area contributed by atoms with Gasteiger partial charge in [-0.1, -0.05) is 27.7 Å². The lowest BCUT2D eigenvalue weighted by Crippen LogP contribution is -2.30. The Bertz CT molecular complexity index is 435. The van der Waals surface area contributed by atoms with Gasteiger partial charge in [-0.15, -0.1) is 0 Å². The van der Waals surface area contributed by atoms with Gasteiger partial charge >= 0.3 is 0 Å². The summed E-state index contributed by atoms with van der Waals surface area (Å²) in [7, 11) is 0. The molecule has 3 N–H and O–H groups in total. The van der Waals surface area contributed by atoms with E-state index < -0.39 is 0 Å². The maximum atomic E-state index is 11.6. The molecular weight excluding hydrogens is 402 g/mol. The Hall–Kier alpha value is -1.26. The predicted molar refractivity (Wildman–Crippen MR) is 121 cm³/mol. The third-order valence-corrected chi connectivity index (χ3v) is 3.98. The molecule has 2 amide bonds. The number of hydrogen-bond donors (Lipinski definition) is 3. The fraction of sp³-hybridized carbons (Fsp3) is 0.909. The molecule has 0 saturated carbocycles. The third-order valence-electron chi connectivity index (χ3n) is 3.98. The van der Waals surface area contributed by atoms with Crippen LogP contribution in [-0.4, -0.2) is 90.3 Å². The van der Waals surface area contributed by atoms with Crippen molar-refractivity contribution in [1.82, 2.24) is 16.0 Å². The highest BCUT2D eigenvalue weighted by Crippen LogP contribution is 1.97. The molecule has 31 heavy (non-hydrogen) atoms. The fourth-order valence-corrected chi connectivity index (χ4v) is 2.43. The monoisotopic (exact) mass is 447 g/mol. The first-order valence-electron chi connectivity index (χ1n) is 11.5. The molecule has 0 aromatic carbocycles. The molecule has 0 rings (SSSR count). The highest BCUT2D eigenvalue weighted by atomic mass is 16.6. The summed E-state index contributed by atoms with van der Waals surface area (Å²) in [6.45, 7) is 14.1. The molecule has 184 valence electrons. The normalized spacial score (nSPS) is 11.3. The van der Waals surface area contributed by atoms with Crippen molar-refractivity contribution in [2.75, 3.05) is 72.5 Å². The lowest BCUT2D eigenvalue weighted by atomic mass is 10.1. The van der Waals surface area contributed by atoms with Gasteiger partial charge in [-0.25, -0.2) is 0 Å². The predicted octanol–water partition coefficient (Wildman–Crippen LogP) is 1.11. The summed E-state index contributed by atoms with van der Waals surface area (Å²) in [5.41, 5.74) is 0. The van der Waals surface area contributed by atoms with E-state index in [9.17, 15) is 9.59 Å². The van der Waals surface area contributed by atoms with E-state index >= 15 is 0 Å². The zero-order valence-electron chi connectivity index (χ0n) is 20.0. The van der Waals surface area contributed by atoms with E-state index in [1.54, 1.807) is 0 Å². The number of hydrogen-bond acceptors (Lipinski definition) is 7. The Balaban J connectivity index is 3.20. The van der Waals surface area contributed by atoms with Crippen LogP contribution in [0, 0.1) is 5.92 Å². The second kappa shape index (κ2) is 22.0. The second-order valence-electron chi connectivity index (χ2n) is 7.96. The molecule has 0 spiro atoms. The molecule has 0 aromatic heterocycles. The standard InChI is InChI=1S/C22H45N3O6/c1-19(2)18-22(27)25-9-11-29-13-15-31-17-16-30-14-12-28-10-6-21(26)24-8-5-7-23-20(3)4/h19-20,23H,5-18H2,1-4H3,(H,24,26)(H,25,27). The summed E-state index contributed by atoms with van der Waals surface area (Å²) < 4.78 is 21.6. The molecule has 0 radical (unpaired) electrons. The van der Waals surface area contributed by atoms with Crippen LogP contribution in [0.25, 0.3) is 0 Å². The van der Waals surface area contributed by atoms with E-state index in [-0.39, 0.29) is 11.8 Å². The molecule has 0 saturated heterocycles. The van der Waals surface area contributed by atoms with Gasteiger partial charge in [0.1, 0.15) is 0 Å². The van der Waals surface area contributed by atoms with Gasteiger partial charge in [0.2, 0.25) is 11.8 Å². The summed E-state index contributed by atoms with van der Waals surface area (Å²) in [5.74, 6) is 0.436. The molecule has 0 aliphatic rings. The minimum atomic E-state index is 0.0130. The smallest absolute Gasteiger partial charge is 0.222 e. The number of nitrogens with one attached hydrogen (secondary N) is 3. The Labute approximate surface area is 188 Å². The van der Waals surface area contributed by atoms with Crippen LogP contribution in [0.1, 0.15) is 47.0 Å². The van der Waals surface area contributed by atoms with Gasteiger partial charge in [0.25, 0.3) is 0 Å². The van der Waals surface area contributed by atoms with Gasteiger partial charge in [-0.05, 0) is 18.9 Å².